The zero-order valence-electron chi connectivity index (χ0n) is 26.0. The van der Waals surface area contributed by atoms with E-state index in [-0.39, 0.29) is 24.0 Å². The highest BCUT2D eigenvalue weighted by Crippen LogP contribution is 2.39. The number of nitrogens with zero attached hydrogens (tertiary/aromatic N) is 6. The summed E-state index contributed by atoms with van der Waals surface area (Å²) in [5, 5.41) is 10.5. The van der Waals surface area contributed by atoms with E-state index in [4.69, 9.17) is 21.3 Å². The minimum atomic E-state index is -0.567. The van der Waals surface area contributed by atoms with Crippen molar-refractivity contribution in [1.82, 2.24) is 24.6 Å². The van der Waals surface area contributed by atoms with Gasteiger partial charge < -0.3 is 14.5 Å². The normalized spacial score (nSPS) is 16.1. The van der Waals surface area contributed by atoms with Crippen LogP contribution in [0, 0.1) is 20.8 Å². The Labute approximate surface area is 276 Å². The van der Waals surface area contributed by atoms with Crippen molar-refractivity contribution in [3.63, 3.8) is 0 Å². The van der Waals surface area contributed by atoms with Crippen molar-refractivity contribution < 1.29 is 19.1 Å². The van der Waals surface area contributed by atoms with E-state index in [1.54, 1.807) is 45.4 Å². The number of aromatic nitrogens is 3. The third kappa shape index (κ3) is 6.00. The first-order chi connectivity index (χ1) is 22.2. The first kappa shape index (κ1) is 31.4. The number of hydrogen-bond donors (Lipinski definition) is 0. The molecular weight excluding hydrogens is 624 g/mol. The first-order valence-corrected chi connectivity index (χ1v) is 16.1. The van der Waals surface area contributed by atoms with Crippen molar-refractivity contribution in [3.8, 4) is 10.8 Å². The number of carbonyl (C=O) groups is 3. The number of benzene rings is 2. The molecule has 0 radical (unpaired) electrons. The molecule has 10 nitrogen and oxygen atoms in total. The van der Waals surface area contributed by atoms with Gasteiger partial charge in [0, 0.05) is 53.3 Å². The lowest BCUT2D eigenvalue weighted by Crippen LogP contribution is -2.50. The number of ether oxygens (including phenoxy) is 1. The Balaban J connectivity index is 1.19. The van der Waals surface area contributed by atoms with Gasteiger partial charge in [0.1, 0.15) is 22.6 Å². The molecule has 6 rings (SSSR count). The van der Waals surface area contributed by atoms with Gasteiger partial charge in [0.15, 0.2) is 11.6 Å². The SMILES string of the molecule is COc1ccccc1C(=O)/C=C/C(=O)N1CCN(C(=O)C[C@@H]2N=C(c3ccc(Cl)cc3)c3c(sc(C)c3C)-n3c(C)nnc32)CC1. The molecule has 46 heavy (non-hydrogen) atoms. The van der Waals surface area contributed by atoms with Gasteiger partial charge in [-0.15, -0.1) is 21.5 Å². The van der Waals surface area contributed by atoms with E-state index < -0.39 is 6.04 Å². The molecule has 2 aliphatic rings. The highest BCUT2D eigenvalue weighted by molar-refractivity contribution is 7.15. The molecule has 0 saturated carbocycles. The third-order valence-corrected chi connectivity index (χ3v) is 9.86. The van der Waals surface area contributed by atoms with Crippen LogP contribution in [-0.4, -0.2) is 81.2 Å². The standard InChI is InChI=1S/C34H33ClN6O4S/c1-20-21(2)46-34-31(20)32(23-9-11-24(35)12-10-23)36-26(33-38-37-22(3)41(33)34)19-30(44)40-17-15-39(16-18-40)29(43)14-13-27(42)25-7-5-6-8-28(25)45-4/h5-14,26H,15-19H2,1-4H3/b14-13+/t26-/m0/s1. The Morgan fingerprint density at radius 1 is 0.957 bits per heavy atom. The second-order valence-electron chi connectivity index (χ2n) is 11.2. The lowest BCUT2D eigenvalue weighted by atomic mass is 9.99. The molecule has 1 atom stereocenters. The maximum Gasteiger partial charge on any atom is 0.246 e. The van der Waals surface area contributed by atoms with Crippen LogP contribution in [-0.2, 0) is 9.59 Å². The molecule has 2 amide bonds. The van der Waals surface area contributed by atoms with Crippen LogP contribution in [0.1, 0.15) is 56.0 Å². The van der Waals surface area contributed by atoms with Crippen molar-refractivity contribution in [2.75, 3.05) is 33.3 Å². The molecule has 2 aromatic carbocycles. The monoisotopic (exact) mass is 656 g/mol. The Bertz CT molecular complexity index is 1890. The average Bonchev–Trinajstić information content (AvgIpc) is 3.55. The summed E-state index contributed by atoms with van der Waals surface area (Å²) in [6.45, 7) is 7.54. The van der Waals surface area contributed by atoms with Crippen molar-refractivity contribution in [1.29, 1.82) is 0 Å². The fourth-order valence-corrected chi connectivity index (χ4v) is 7.13. The first-order valence-electron chi connectivity index (χ1n) is 14.9. The summed E-state index contributed by atoms with van der Waals surface area (Å²) >= 11 is 7.88. The number of methoxy groups -OCH3 is 1. The van der Waals surface area contributed by atoms with E-state index in [2.05, 4.69) is 24.0 Å². The highest BCUT2D eigenvalue weighted by Gasteiger charge is 2.34. The number of aryl methyl sites for hydroxylation is 2. The van der Waals surface area contributed by atoms with E-state index in [1.807, 2.05) is 35.8 Å². The van der Waals surface area contributed by atoms with Gasteiger partial charge >= 0.3 is 0 Å². The molecule has 0 aliphatic carbocycles. The maximum absolute atomic E-state index is 13.7. The topological polar surface area (TPSA) is 110 Å². The van der Waals surface area contributed by atoms with Gasteiger partial charge in [-0.1, -0.05) is 35.9 Å². The molecule has 1 saturated heterocycles. The van der Waals surface area contributed by atoms with Gasteiger partial charge in [0.05, 0.1) is 24.8 Å². The number of fused-ring (bicyclic) bond motifs is 3. The van der Waals surface area contributed by atoms with Crippen LogP contribution in [0.2, 0.25) is 5.02 Å². The maximum atomic E-state index is 13.7. The van der Waals surface area contributed by atoms with Gasteiger partial charge in [0.25, 0.3) is 0 Å². The number of piperazine rings is 1. The van der Waals surface area contributed by atoms with Gasteiger partial charge in [-0.3, -0.25) is 23.9 Å². The van der Waals surface area contributed by atoms with Crippen LogP contribution in [0.25, 0.3) is 5.00 Å². The lowest BCUT2D eigenvalue weighted by molar-refractivity contribution is -0.137. The van der Waals surface area contributed by atoms with E-state index in [1.165, 1.54) is 24.1 Å². The zero-order chi connectivity index (χ0) is 32.5. The molecule has 1 fully saturated rings. The summed E-state index contributed by atoms with van der Waals surface area (Å²) in [5.74, 6) is 1.12. The fourth-order valence-electron chi connectivity index (χ4n) is 5.79. The number of carbonyl (C=O) groups excluding carboxylic acids is 3. The van der Waals surface area contributed by atoms with Crippen molar-refractivity contribution in [2.24, 2.45) is 4.99 Å². The molecule has 4 aromatic rings. The number of aliphatic imine (C=N–C) groups is 1. The van der Waals surface area contributed by atoms with Gasteiger partial charge in [-0.25, -0.2) is 0 Å². The number of halogens is 1. The molecule has 0 N–H and O–H groups in total. The smallest absolute Gasteiger partial charge is 0.246 e. The van der Waals surface area contributed by atoms with Gasteiger partial charge in [-0.2, -0.15) is 0 Å². The Morgan fingerprint density at radius 2 is 1.65 bits per heavy atom. The van der Waals surface area contributed by atoms with Crippen LogP contribution >= 0.6 is 22.9 Å². The Morgan fingerprint density at radius 3 is 2.37 bits per heavy atom. The van der Waals surface area contributed by atoms with Crippen LogP contribution in [0.3, 0.4) is 0 Å². The number of rotatable bonds is 7. The third-order valence-electron chi connectivity index (χ3n) is 8.42. The number of allylic oxidation sites excluding steroid dienone is 1. The molecule has 2 aliphatic heterocycles. The van der Waals surface area contributed by atoms with Crippen LogP contribution < -0.4 is 4.74 Å². The number of amides is 2. The molecule has 0 bridgehead atoms. The predicted molar refractivity (Wildman–Crippen MR) is 178 cm³/mol. The fraction of sp³-hybridized carbons (Fsp3) is 0.294. The molecule has 236 valence electrons. The van der Waals surface area contributed by atoms with E-state index >= 15 is 0 Å². The summed E-state index contributed by atoms with van der Waals surface area (Å²) in [7, 11) is 1.50. The quantitative estimate of drug-likeness (QED) is 0.197. The summed E-state index contributed by atoms with van der Waals surface area (Å²) in [4.78, 5) is 49.1. The van der Waals surface area contributed by atoms with E-state index in [0.717, 1.165) is 33.2 Å². The average molecular weight is 657 g/mol. The van der Waals surface area contributed by atoms with Gasteiger partial charge in [0.2, 0.25) is 11.8 Å². The van der Waals surface area contributed by atoms with Crippen molar-refractivity contribution in [3.05, 3.63) is 104 Å². The molecule has 0 spiro atoms. The molecule has 2 aromatic heterocycles. The number of thiophene rings is 1. The van der Waals surface area contributed by atoms with Crippen molar-refractivity contribution >= 4 is 46.2 Å². The predicted octanol–water partition coefficient (Wildman–Crippen LogP) is 5.31. The number of para-hydroxylation sites is 1. The summed E-state index contributed by atoms with van der Waals surface area (Å²) in [5.41, 5.74) is 4.22. The molecule has 4 heterocycles. The van der Waals surface area contributed by atoms with Gasteiger partial charge in [-0.05, 0) is 56.7 Å². The number of hydrogen-bond acceptors (Lipinski definition) is 8. The van der Waals surface area contributed by atoms with Crippen LogP contribution in [0.15, 0.2) is 65.7 Å². The second kappa shape index (κ2) is 13.0. The summed E-state index contributed by atoms with van der Waals surface area (Å²) in [6, 6.07) is 13.9. The number of ketones is 1. The van der Waals surface area contributed by atoms with Crippen LogP contribution in [0.5, 0.6) is 5.75 Å². The molecule has 12 heteroatoms. The second-order valence-corrected chi connectivity index (χ2v) is 12.9. The Hall–Kier alpha value is -4.61. The highest BCUT2D eigenvalue weighted by atomic mass is 35.5. The molecule has 0 unspecified atom stereocenters. The molecular formula is C34H33ClN6O4S. The van der Waals surface area contributed by atoms with Crippen molar-refractivity contribution in [2.45, 2.75) is 33.2 Å². The lowest BCUT2D eigenvalue weighted by Gasteiger charge is -2.34. The summed E-state index contributed by atoms with van der Waals surface area (Å²) in [6.07, 6.45) is 2.64. The van der Waals surface area contributed by atoms with E-state index in [0.29, 0.717) is 48.3 Å². The largest absolute Gasteiger partial charge is 0.496 e. The summed E-state index contributed by atoms with van der Waals surface area (Å²) < 4.78 is 7.28. The van der Waals surface area contributed by atoms with E-state index in [9.17, 15) is 14.4 Å². The zero-order valence-corrected chi connectivity index (χ0v) is 27.6. The van der Waals surface area contributed by atoms with Crippen LogP contribution in [0.4, 0.5) is 0 Å². The minimum absolute atomic E-state index is 0.0800. The Kier molecular flexibility index (Phi) is 8.88. The minimum Gasteiger partial charge on any atom is -0.496 e.